The second kappa shape index (κ2) is 12.8. The lowest BCUT2D eigenvalue weighted by Gasteiger charge is -2.17. The first-order valence-electron chi connectivity index (χ1n) is 8.78. The van der Waals surface area contributed by atoms with Gasteiger partial charge in [0.25, 0.3) is 0 Å². The van der Waals surface area contributed by atoms with Crippen molar-refractivity contribution in [1.82, 2.24) is 5.32 Å². The Kier molecular flexibility index (Phi) is 11.7. The van der Waals surface area contributed by atoms with Crippen LogP contribution in [0.4, 0.5) is 0 Å². The molecule has 0 unspecified atom stereocenters. The molecule has 0 heterocycles. The Balaban J connectivity index is 0.000000636. The van der Waals surface area contributed by atoms with Crippen molar-refractivity contribution in [2.24, 2.45) is 11.7 Å². The zero-order valence-corrected chi connectivity index (χ0v) is 16.0. The van der Waals surface area contributed by atoms with Gasteiger partial charge in [-0.3, -0.25) is 19.7 Å². The van der Waals surface area contributed by atoms with Gasteiger partial charge < -0.3 is 21.1 Å². The first-order chi connectivity index (χ1) is 12.5. The highest BCUT2D eigenvalue weighted by Crippen LogP contribution is 2.06. The predicted octanol–water partition coefficient (Wildman–Crippen LogP) is 1.58. The molecule has 0 radical (unpaired) electrons. The first kappa shape index (κ1) is 24.6. The van der Waals surface area contributed by atoms with Crippen LogP contribution < -0.4 is 11.1 Å². The molecule has 1 aromatic carbocycles. The van der Waals surface area contributed by atoms with Gasteiger partial charge in [-0.25, -0.2) is 0 Å². The number of carboxylic acids is 3. The Morgan fingerprint density at radius 3 is 1.89 bits per heavy atom. The Hall–Kier alpha value is -2.45. The van der Waals surface area contributed by atoms with Gasteiger partial charge in [0.1, 0.15) is 18.1 Å². The summed E-state index contributed by atoms with van der Waals surface area (Å²) in [5, 5.41) is 28.7. The molecule has 0 amide bonds. The maximum Gasteiger partial charge on any atom is 0.320 e. The maximum atomic E-state index is 11.0. The number of carbonyl (C=O) groups is 3. The molecule has 0 aliphatic carbocycles. The molecule has 27 heavy (non-hydrogen) atoms. The third kappa shape index (κ3) is 11.7. The number of rotatable bonds is 10. The molecular formula is C19H30N2O6. The van der Waals surface area contributed by atoms with E-state index >= 15 is 0 Å². The van der Waals surface area contributed by atoms with Crippen LogP contribution in [0.2, 0.25) is 0 Å². The van der Waals surface area contributed by atoms with Crippen molar-refractivity contribution in [3.8, 4) is 0 Å². The van der Waals surface area contributed by atoms with E-state index in [0.717, 1.165) is 5.56 Å². The third-order valence-corrected chi connectivity index (χ3v) is 3.73. The minimum atomic E-state index is -1.05. The zero-order valence-electron chi connectivity index (χ0n) is 16.0. The Morgan fingerprint density at radius 2 is 1.52 bits per heavy atom. The number of carboxylic acid groups (broad SMARTS) is 3. The lowest BCUT2D eigenvalue weighted by atomic mass is 10.0. The van der Waals surface area contributed by atoms with Crippen molar-refractivity contribution < 1.29 is 29.7 Å². The molecule has 1 aromatic rings. The van der Waals surface area contributed by atoms with E-state index in [-0.39, 0.29) is 0 Å². The average molecular weight is 382 g/mol. The molecule has 0 aliphatic rings. The van der Waals surface area contributed by atoms with Crippen LogP contribution in [0.1, 0.15) is 39.2 Å². The number of benzene rings is 1. The zero-order chi connectivity index (χ0) is 21.0. The molecule has 3 atom stereocenters. The van der Waals surface area contributed by atoms with Gasteiger partial charge in [-0.05, 0) is 37.7 Å². The molecule has 1 rings (SSSR count). The molecule has 8 heteroatoms. The fourth-order valence-electron chi connectivity index (χ4n) is 2.22. The van der Waals surface area contributed by atoms with E-state index in [4.69, 9.17) is 21.1 Å². The summed E-state index contributed by atoms with van der Waals surface area (Å²) >= 11 is 0. The monoisotopic (exact) mass is 382 g/mol. The SMILES string of the molecule is CC(C)C[C@H](N)C(=O)O.C[C@@H](N[C@@H](CCc1ccccc1)C(=O)O)C(=O)O. The van der Waals surface area contributed by atoms with Crippen molar-refractivity contribution in [3.63, 3.8) is 0 Å². The van der Waals surface area contributed by atoms with Gasteiger partial charge >= 0.3 is 17.9 Å². The standard InChI is InChI=1S/C13H17NO4.C6H13NO2/c1-9(12(15)16)14-11(13(17)18)8-7-10-5-3-2-4-6-10;1-4(2)3-5(7)6(8)9/h2-6,9,11,14H,7-8H2,1H3,(H,15,16)(H,17,18);4-5H,3,7H2,1-2H3,(H,8,9)/t9-,11+;5-/m10/s1. The van der Waals surface area contributed by atoms with Gasteiger partial charge in [-0.2, -0.15) is 0 Å². The summed E-state index contributed by atoms with van der Waals surface area (Å²) in [5.74, 6) is -2.64. The van der Waals surface area contributed by atoms with Gasteiger partial charge in [-0.1, -0.05) is 44.2 Å². The third-order valence-electron chi connectivity index (χ3n) is 3.73. The highest BCUT2D eigenvalue weighted by Gasteiger charge is 2.22. The summed E-state index contributed by atoms with van der Waals surface area (Å²) in [6.07, 6.45) is 1.50. The summed E-state index contributed by atoms with van der Waals surface area (Å²) in [6.45, 7) is 5.33. The molecule has 6 N–H and O–H groups in total. The van der Waals surface area contributed by atoms with E-state index in [2.05, 4.69) is 5.32 Å². The summed E-state index contributed by atoms with van der Waals surface area (Å²) in [7, 11) is 0. The number of hydrogen-bond donors (Lipinski definition) is 5. The minimum Gasteiger partial charge on any atom is -0.480 e. The second-order valence-electron chi connectivity index (χ2n) is 6.72. The molecule has 0 aromatic heterocycles. The number of nitrogens with two attached hydrogens (primary N) is 1. The van der Waals surface area contributed by atoms with Gasteiger partial charge in [0, 0.05) is 0 Å². The van der Waals surface area contributed by atoms with E-state index in [1.54, 1.807) is 0 Å². The molecule has 0 fully saturated rings. The second-order valence-corrected chi connectivity index (χ2v) is 6.72. The molecule has 0 aliphatic heterocycles. The molecule has 0 bridgehead atoms. The number of aryl methyl sites for hydroxylation is 1. The largest absolute Gasteiger partial charge is 0.480 e. The number of nitrogens with one attached hydrogen (secondary N) is 1. The predicted molar refractivity (Wildman–Crippen MR) is 101 cm³/mol. The topological polar surface area (TPSA) is 150 Å². The van der Waals surface area contributed by atoms with Crippen LogP contribution in [0.5, 0.6) is 0 Å². The van der Waals surface area contributed by atoms with Crippen LogP contribution in [-0.2, 0) is 20.8 Å². The van der Waals surface area contributed by atoms with Crippen molar-refractivity contribution in [3.05, 3.63) is 35.9 Å². The fraction of sp³-hybridized carbons (Fsp3) is 0.526. The van der Waals surface area contributed by atoms with Crippen molar-refractivity contribution in [2.45, 2.75) is 58.2 Å². The van der Waals surface area contributed by atoms with Crippen LogP contribution in [0.25, 0.3) is 0 Å². The highest BCUT2D eigenvalue weighted by molar-refractivity contribution is 5.77. The molecule has 0 saturated heterocycles. The van der Waals surface area contributed by atoms with E-state index in [1.165, 1.54) is 6.92 Å². The summed E-state index contributed by atoms with van der Waals surface area (Å²) < 4.78 is 0. The van der Waals surface area contributed by atoms with Crippen LogP contribution in [0, 0.1) is 5.92 Å². The van der Waals surface area contributed by atoms with Crippen molar-refractivity contribution in [2.75, 3.05) is 0 Å². The number of aliphatic carboxylic acids is 3. The molecule has 0 spiro atoms. The molecule has 0 saturated carbocycles. The Morgan fingerprint density at radius 1 is 0.963 bits per heavy atom. The van der Waals surface area contributed by atoms with Crippen LogP contribution in [0.15, 0.2) is 30.3 Å². The van der Waals surface area contributed by atoms with Crippen molar-refractivity contribution >= 4 is 17.9 Å². The molecule has 8 nitrogen and oxygen atoms in total. The van der Waals surface area contributed by atoms with E-state index in [9.17, 15) is 14.4 Å². The number of hydrogen-bond acceptors (Lipinski definition) is 5. The lowest BCUT2D eigenvalue weighted by molar-refractivity contribution is -0.142. The normalized spacial score (nSPS) is 13.8. The van der Waals surface area contributed by atoms with Crippen LogP contribution in [0.3, 0.4) is 0 Å². The average Bonchev–Trinajstić information content (AvgIpc) is 2.58. The van der Waals surface area contributed by atoms with Crippen molar-refractivity contribution in [1.29, 1.82) is 0 Å². The quantitative estimate of drug-likeness (QED) is 0.409. The van der Waals surface area contributed by atoms with E-state index in [0.29, 0.717) is 25.2 Å². The lowest BCUT2D eigenvalue weighted by Crippen LogP contribution is -2.45. The fourth-order valence-corrected chi connectivity index (χ4v) is 2.22. The van der Waals surface area contributed by atoms with Gasteiger partial charge in [0.15, 0.2) is 0 Å². The highest BCUT2D eigenvalue weighted by atomic mass is 16.4. The van der Waals surface area contributed by atoms with Gasteiger partial charge in [0.2, 0.25) is 0 Å². The smallest absolute Gasteiger partial charge is 0.320 e. The summed E-state index contributed by atoms with van der Waals surface area (Å²) in [6, 6.07) is 7.09. The first-order valence-corrected chi connectivity index (χ1v) is 8.78. The van der Waals surface area contributed by atoms with E-state index in [1.807, 2.05) is 44.2 Å². The Labute approximate surface area is 159 Å². The van der Waals surface area contributed by atoms with Gasteiger partial charge in [-0.15, -0.1) is 0 Å². The maximum absolute atomic E-state index is 11.0. The van der Waals surface area contributed by atoms with Crippen LogP contribution in [-0.4, -0.2) is 51.4 Å². The summed E-state index contributed by atoms with van der Waals surface area (Å²) in [5.41, 5.74) is 6.25. The summed E-state index contributed by atoms with van der Waals surface area (Å²) in [4.78, 5) is 31.8. The van der Waals surface area contributed by atoms with Crippen LogP contribution >= 0.6 is 0 Å². The minimum absolute atomic E-state index is 0.357. The van der Waals surface area contributed by atoms with Gasteiger partial charge in [0.05, 0.1) is 0 Å². The molecular weight excluding hydrogens is 352 g/mol. The Bertz CT molecular complexity index is 591. The van der Waals surface area contributed by atoms with E-state index < -0.39 is 36.0 Å². The molecule has 152 valence electrons.